The van der Waals surface area contributed by atoms with Gasteiger partial charge in [-0.25, -0.2) is 4.39 Å². The lowest BCUT2D eigenvalue weighted by Gasteiger charge is -2.35. The highest BCUT2D eigenvalue weighted by Crippen LogP contribution is 2.17. The Kier molecular flexibility index (Phi) is 4.89. The molecule has 1 fully saturated rings. The normalized spacial score (nSPS) is 21.0. The Balaban J connectivity index is 1.57. The van der Waals surface area contributed by atoms with Gasteiger partial charge in [-0.1, -0.05) is 5.16 Å². The molecule has 24 heavy (non-hydrogen) atoms. The minimum atomic E-state index is -0.318. The van der Waals surface area contributed by atoms with Crippen LogP contribution in [0.1, 0.15) is 26.2 Å². The highest BCUT2D eigenvalue weighted by atomic mass is 19.1. The number of carbonyl (C=O) groups excluding carboxylic acids is 1. The van der Waals surface area contributed by atoms with Gasteiger partial charge in [-0.15, -0.1) is 0 Å². The van der Waals surface area contributed by atoms with Crippen LogP contribution in [0.25, 0.3) is 11.4 Å². The van der Waals surface area contributed by atoms with Gasteiger partial charge in [0.05, 0.1) is 12.2 Å². The van der Waals surface area contributed by atoms with E-state index in [-0.39, 0.29) is 23.9 Å². The van der Waals surface area contributed by atoms with E-state index in [2.05, 4.69) is 10.1 Å². The number of morpholine rings is 1. The molecule has 0 aliphatic carbocycles. The number of amides is 1. The molecule has 1 aliphatic heterocycles. The molecule has 1 saturated heterocycles. The molecule has 2 heterocycles. The van der Waals surface area contributed by atoms with Crippen LogP contribution in [0.2, 0.25) is 0 Å². The van der Waals surface area contributed by atoms with Gasteiger partial charge in [0.15, 0.2) is 0 Å². The molecule has 7 heteroatoms. The zero-order valence-electron chi connectivity index (χ0n) is 13.7. The summed E-state index contributed by atoms with van der Waals surface area (Å²) in [5.41, 5.74) is 0.675. The molecule has 1 aromatic heterocycles. The predicted molar refractivity (Wildman–Crippen MR) is 84.6 cm³/mol. The number of aryl methyl sites for hydroxylation is 1. The topological polar surface area (TPSA) is 68.5 Å². The fraction of sp³-hybridized carbons (Fsp3) is 0.471. The monoisotopic (exact) mass is 333 g/mol. The van der Waals surface area contributed by atoms with Crippen molar-refractivity contribution in [2.24, 2.45) is 0 Å². The van der Waals surface area contributed by atoms with Crippen molar-refractivity contribution in [2.75, 3.05) is 13.1 Å². The Hall–Kier alpha value is -2.28. The summed E-state index contributed by atoms with van der Waals surface area (Å²) in [5, 5.41) is 3.88. The molecular weight excluding hydrogens is 313 g/mol. The van der Waals surface area contributed by atoms with E-state index in [0.717, 1.165) is 0 Å². The van der Waals surface area contributed by atoms with Crippen LogP contribution in [0.3, 0.4) is 0 Å². The molecule has 6 nitrogen and oxygen atoms in total. The summed E-state index contributed by atoms with van der Waals surface area (Å²) < 4.78 is 23.7. The lowest BCUT2D eigenvalue weighted by Crippen LogP contribution is -2.48. The highest BCUT2D eigenvalue weighted by Gasteiger charge is 2.25. The van der Waals surface area contributed by atoms with E-state index in [4.69, 9.17) is 9.26 Å². The largest absolute Gasteiger partial charge is 0.372 e. The second-order valence-corrected chi connectivity index (χ2v) is 6.07. The molecule has 1 aliphatic rings. The highest BCUT2D eigenvalue weighted by molar-refractivity contribution is 5.76. The van der Waals surface area contributed by atoms with E-state index >= 15 is 0 Å². The third-order valence-corrected chi connectivity index (χ3v) is 3.90. The third-order valence-electron chi connectivity index (χ3n) is 3.90. The second-order valence-electron chi connectivity index (χ2n) is 6.07. The van der Waals surface area contributed by atoms with Gasteiger partial charge in [0, 0.05) is 31.5 Å². The Morgan fingerprint density at radius 1 is 1.25 bits per heavy atom. The van der Waals surface area contributed by atoms with E-state index in [1.165, 1.54) is 12.1 Å². The number of benzene rings is 1. The zero-order valence-corrected chi connectivity index (χ0v) is 13.7. The molecule has 2 aromatic rings. The van der Waals surface area contributed by atoms with Crippen LogP contribution in [-0.2, 0) is 16.0 Å². The fourth-order valence-corrected chi connectivity index (χ4v) is 2.83. The Bertz CT molecular complexity index is 691. The van der Waals surface area contributed by atoms with E-state index in [9.17, 15) is 9.18 Å². The fourth-order valence-electron chi connectivity index (χ4n) is 2.83. The van der Waals surface area contributed by atoms with Crippen molar-refractivity contribution in [2.45, 2.75) is 38.9 Å². The summed E-state index contributed by atoms with van der Waals surface area (Å²) in [6.45, 7) is 5.13. The molecule has 2 atom stereocenters. The number of hydrogen-bond acceptors (Lipinski definition) is 5. The number of aromatic nitrogens is 2. The van der Waals surface area contributed by atoms with Crippen LogP contribution in [0.4, 0.5) is 4.39 Å². The van der Waals surface area contributed by atoms with Gasteiger partial charge in [0.2, 0.25) is 17.6 Å². The van der Waals surface area contributed by atoms with Gasteiger partial charge >= 0.3 is 0 Å². The van der Waals surface area contributed by atoms with Gasteiger partial charge < -0.3 is 14.2 Å². The zero-order chi connectivity index (χ0) is 17.1. The quantitative estimate of drug-likeness (QED) is 0.860. The van der Waals surface area contributed by atoms with Crippen LogP contribution < -0.4 is 0 Å². The molecule has 1 aromatic carbocycles. The second kappa shape index (κ2) is 7.09. The lowest BCUT2D eigenvalue weighted by atomic mass is 10.2. The molecule has 0 bridgehead atoms. The Morgan fingerprint density at radius 3 is 2.58 bits per heavy atom. The summed E-state index contributed by atoms with van der Waals surface area (Å²) >= 11 is 0. The van der Waals surface area contributed by atoms with Crippen LogP contribution >= 0.6 is 0 Å². The van der Waals surface area contributed by atoms with Gasteiger partial charge in [-0.05, 0) is 38.1 Å². The van der Waals surface area contributed by atoms with Crippen LogP contribution in [0.15, 0.2) is 28.8 Å². The number of carbonyl (C=O) groups is 1. The first-order chi connectivity index (χ1) is 11.5. The van der Waals surface area contributed by atoms with Crippen molar-refractivity contribution < 1.29 is 18.4 Å². The van der Waals surface area contributed by atoms with E-state index in [0.29, 0.717) is 43.2 Å². The molecule has 1 amide bonds. The minimum absolute atomic E-state index is 0.0474. The average Bonchev–Trinajstić information content (AvgIpc) is 3.01. The van der Waals surface area contributed by atoms with Crippen molar-refractivity contribution in [1.29, 1.82) is 0 Å². The molecular formula is C17H20FN3O3. The average molecular weight is 333 g/mol. The first-order valence-electron chi connectivity index (χ1n) is 8.03. The summed E-state index contributed by atoms with van der Waals surface area (Å²) in [6.07, 6.45) is 0.787. The molecule has 0 unspecified atom stereocenters. The Labute approximate surface area is 139 Å². The van der Waals surface area contributed by atoms with Crippen LogP contribution in [0, 0.1) is 5.82 Å². The SMILES string of the molecule is C[C@H]1CN(C(=O)CCc2nc(-c3ccc(F)cc3)no2)C[C@H](C)O1. The summed E-state index contributed by atoms with van der Waals surface area (Å²) in [7, 11) is 0. The van der Waals surface area contributed by atoms with Crippen molar-refractivity contribution in [3.63, 3.8) is 0 Å². The predicted octanol–water partition coefficient (Wildman–Crippen LogP) is 2.44. The van der Waals surface area contributed by atoms with Crippen molar-refractivity contribution in [3.8, 4) is 11.4 Å². The summed E-state index contributed by atoms with van der Waals surface area (Å²) in [5.74, 6) is 0.531. The van der Waals surface area contributed by atoms with Crippen LogP contribution in [-0.4, -0.2) is 46.2 Å². The summed E-state index contributed by atoms with van der Waals surface area (Å²) in [6, 6.07) is 5.86. The molecule has 0 saturated carbocycles. The lowest BCUT2D eigenvalue weighted by molar-refractivity contribution is -0.143. The number of rotatable bonds is 4. The third kappa shape index (κ3) is 3.97. The maximum atomic E-state index is 12.9. The van der Waals surface area contributed by atoms with E-state index in [1.807, 2.05) is 18.7 Å². The smallest absolute Gasteiger partial charge is 0.227 e. The molecule has 0 radical (unpaired) electrons. The minimum Gasteiger partial charge on any atom is -0.372 e. The van der Waals surface area contributed by atoms with Crippen molar-refractivity contribution in [3.05, 3.63) is 36.0 Å². The molecule has 128 valence electrons. The number of ether oxygens (including phenoxy) is 1. The maximum Gasteiger partial charge on any atom is 0.227 e. The number of hydrogen-bond donors (Lipinski definition) is 0. The maximum absolute atomic E-state index is 12.9. The van der Waals surface area contributed by atoms with Gasteiger partial charge in [0.25, 0.3) is 0 Å². The van der Waals surface area contributed by atoms with Crippen molar-refractivity contribution in [1.82, 2.24) is 15.0 Å². The Morgan fingerprint density at radius 2 is 1.92 bits per heavy atom. The molecule has 0 spiro atoms. The first-order valence-corrected chi connectivity index (χ1v) is 8.03. The van der Waals surface area contributed by atoms with Gasteiger partial charge in [0.1, 0.15) is 5.82 Å². The number of halogens is 1. The van der Waals surface area contributed by atoms with Gasteiger partial charge in [-0.2, -0.15) is 4.98 Å². The van der Waals surface area contributed by atoms with E-state index in [1.54, 1.807) is 12.1 Å². The number of nitrogens with zero attached hydrogens (tertiary/aromatic N) is 3. The summed E-state index contributed by atoms with van der Waals surface area (Å²) in [4.78, 5) is 18.4. The first kappa shape index (κ1) is 16.6. The van der Waals surface area contributed by atoms with Gasteiger partial charge in [-0.3, -0.25) is 4.79 Å². The molecule has 3 rings (SSSR count). The van der Waals surface area contributed by atoms with E-state index < -0.39 is 0 Å². The van der Waals surface area contributed by atoms with Crippen molar-refractivity contribution >= 4 is 5.91 Å². The standard InChI is InChI=1S/C17H20FN3O3/c1-11-9-21(10-12(2)23-11)16(22)8-7-15-19-17(20-24-15)13-3-5-14(18)6-4-13/h3-6,11-12H,7-10H2,1-2H3/t11-,12-/m0/s1. The molecule has 0 N–H and O–H groups in total. The van der Waals surface area contributed by atoms with Crippen LogP contribution in [0.5, 0.6) is 0 Å².